The van der Waals surface area contributed by atoms with Crippen molar-refractivity contribution >= 4 is 56.6 Å². The predicted molar refractivity (Wildman–Crippen MR) is 113 cm³/mol. The van der Waals surface area contributed by atoms with E-state index >= 15 is 0 Å². The molecule has 3 heterocycles. The normalized spacial score (nSPS) is 13.5. The van der Waals surface area contributed by atoms with E-state index in [1.807, 2.05) is 24.3 Å². The molecular formula is C20H12ClN3O3S2. The van der Waals surface area contributed by atoms with Crippen LogP contribution in [0.3, 0.4) is 0 Å². The zero-order chi connectivity index (χ0) is 20.0. The van der Waals surface area contributed by atoms with E-state index in [0.717, 1.165) is 15.0 Å². The van der Waals surface area contributed by atoms with Gasteiger partial charge in [0.2, 0.25) is 0 Å². The molecule has 0 unspecified atom stereocenters. The second-order valence-electron chi connectivity index (χ2n) is 6.27. The van der Waals surface area contributed by atoms with Crippen molar-refractivity contribution in [2.75, 3.05) is 12.3 Å². The van der Waals surface area contributed by atoms with Gasteiger partial charge in [0.05, 0.1) is 16.1 Å². The summed E-state index contributed by atoms with van der Waals surface area (Å²) in [7, 11) is 0. The molecule has 2 amide bonds. The van der Waals surface area contributed by atoms with Gasteiger partial charge in [0.25, 0.3) is 22.9 Å². The summed E-state index contributed by atoms with van der Waals surface area (Å²) in [5.74, 6) is 0.274. The molecule has 4 aromatic rings. The molecule has 29 heavy (non-hydrogen) atoms. The molecule has 2 aromatic carbocycles. The highest BCUT2D eigenvalue weighted by molar-refractivity contribution is 7.99. The van der Waals surface area contributed by atoms with E-state index in [1.165, 1.54) is 28.0 Å². The van der Waals surface area contributed by atoms with Crippen LogP contribution in [-0.2, 0) is 0 Å². The first-order valence-corrected chi connectivity index (χ1v) is 10.9. The van der Waals surface area contributed by atoms with Gasteiger partial charge < -0.3 is 4.42 Å². The average molecular weight is 442 g/mol. The van der Waals surface area contributed by atoms with Crippen LogP contribution in [0.25, 0.3) is 20.9 Å². The van der Waals surface area contributed by atoms with Gasteiger partial charge >= 0.3 is 0 Å². The Morgan fingerprint density at radius 1 is 1.00 bits per heavy atom. The van der Waals surface area contributed by atoms with Crippen LogP contribution in [0.5, 0.6) is 0 Å². The van der Waals surface area contributed by atoms with Crippen LogP contribution in [0.2, 0.25) is 5.02 Å². The summed E-state index contributed by atoms with van der Waals surface area (Å²) < 4.78 is 6.79. The number of thioether (sulfide) groups is 1. The van der Waals surface area contributed by atoms with Crippen LogP contribution < -0.4 is 0 Å². The Kier molecular flexibility index (Phi) is 4.61. The zero-order valence-corrected chi connectivity index (χ0v) is 17.2. The highest BCUT2D eigenvalue weighted by Crippen LogP contribution is 2.41. The summed E-state index contributed by atoms with van der Waals surface area (Å²) in [6, 6.07) is 14.7. The molecule has 144 valence electrons. The Balaban J connectivity index is 1.27. The van der Waals surface area contributed by atoms with E-state index in [0.29, 0.717) is 33.0 Å². The standard InChI is InChI=1S/C20H12ClN3O3S2/c21-15-13-7-3-4-8-14(13)29-16(15)17-22-23-20(27-17)28-10-9-24-18(25)11-5-1-2-6-12(11)19(24)26/h1-8H,9-10H2. The monoisotopic (exact) mass is 441 g/mol. The van der Waals surface area contributed by atoms with Gasteiger partial charge in [-0.05, 0) is 18.2 Å². The van der Waals surface area contributed by atoms with Crippen molar-refractivity contribution in [1.29, 1.82) is 0 Å². The smallest absolute Gasteiger partial charge is 0.276 e. The molecule has 0 N–H and O–H groups in total. The second kappa shape index (κ2) is 7.29. The minimum Gasteiger partial charge on any atom is -0.410 e. The van der Waals surface area contributed by atoms with Crippen molar-refractivity contribution in [3.63, 3.8) is 0 Å². The third-order valence-electron chi connectivity index (χ3n) is 4.55. The number of hydrogen-bond acceptors (Lipinski definition) is 7. The molecule has 0 radical (unpaired) electrons. The molecule has 5 rings (SSSR count). The Labute approximate surface area is 178 Å². The predicted octanol–water partition coefficient (Wildman–Crippen LogP) is 4.99. The zero-order valence-electron chi connectivity index (χ0n) is 14.8. The molecule has 0 aliphatic carbocycles. The molecular weight excluding hydrogens is 430 g/mol. The number of nitrogens with zero attached hydrogens (tertiary/aromatic N) is 3. The number of amides is 2. The fourth-order valence-electron chi connectivity index (χ4n) is 3.18. The molecule has 0 saturated heterocycles. The third kappa shape index (κ3) is 3.13. The number of benzene rings is 2. The number of fused-ring (bicyclic) bond motifs is 2. The quantitative estimate of drug-likeness (QED) is 0.320. The summed E-state index contributed by atoms with van der Waals surface area (Å²) in [5.41, 5.74) is 0.893. The first-order valence-electron chi connectivity index (χ1n) is 8.72. The number of aromatic nitrogens is 2. The van der Waals surface area contributed by atoms with Crippen LogP contribution in [0.4, 0.5) is 0 Å². The maximum Gasteiger partial charge on any atom is 0.276 e. The van der Waals surface area contributed by atoms with Crippen molar-refractivity contribution < 1.29 is 14.0 Å². The molecule has 1 aliphatic rings. The summed E-state index contributed by atoms with van der Waals surface area (Å²) in [6.45, 7) is 0.262. The molecule has 0 saturated carbocycles. The third-order valence-corrected chi connectivity index (χ3v) is 7.02. The lowest BCUT2D eigenvalue weighted by Crippen LogP contribution is -2.31. The fraction of sp³-hybridized carbons (Fsp3) is 0.100. The van der Waals surface area contributed by atoms with E-state index in [2.05, 4.69) is 10.2 Å². The van der Waals surface area contributed by atoms with Crippen molar-refractivity contribution in [2.45, 2.75) is 5.22 Å². The first-order chi connectivity index (χ1) is 14.1. The number of imide groups is 1. The van der Waals surface area contributed by atoms with Gasteiger partial charge in [-0.25, -0.2) is 0 Å². The van der Waals surface area contributed by atoms with Gasteiger partial charge in [-0.2, -0.15) is 0 Å². The van der Waals surface area contributed by atoms with Crippen molar-refractivity contribution in [3.8, 4) is 10.8 Å². The average Bonchev–Trinajstić information content (AvgIpc) is 3.41. The van der Waals surface area contributed by atoms with Crippen LogP contribution in [0.1, 0.15) is 20.7 Å². The number of carbonyl (C=O) groups excluding carboxylic acids is 2. The van der Waals surface area contributed by atoms with Crippen LogP contribution >= 0.6 is 34.7 Å². The maximum atomic E-state index is 12.4. The lowest BCUT2D eigenvalue weighted by molar-refractivity contribution is 0.0664. The highest BCUT2D eigenvalue weighted by Gasteiger charge is 2.34. The summed E-state index contributed by atoms with van der Waals surface area (Å²) in [5, 5.41) is 10.1. The Hall–Kier alpha value is -2.68. The van der Waals surface area contributed by atoms with E-state index in [9.17, 15) is 9.59 Å². The molecule has 1 aliphatic heterocycles. The van der Waals surface area contributed by atoms with E-state index in [1.54, 1.807) is 24.3 Å². The number of rotatable bonds is 5. The summed E-state index contributed by atoms with van der Waals surface area (Å²) in [4.78, 5) is 26.8. The second-order valence-corrected chi connectivity index (χ2v) is 8.75. The minimum atomic E-state index is -0.269. The number of carbonyl (C=O) groups is 2. The van der Waals surface area contributed by atoms with Crippen molar-refractivity contribution in [2.24, 2.45) is 0 Å². The Morgan fingerprint density at radius 2 is 1.69 bits per heavy atom. The molecule has 9 heteroatoms. The SMILES string of the molecule is O=C1c2ccccc2C(=O)N1CCSc1nnc(-c2sc3ccccc3c2Cl)o1. The number of halogens is 1. The molecule has 0 spiro atoms. The van der Waals surface area contributed by atoms with Crippen molar-refractivity contribution in [3.05, 3.63) is 64.7 Å². The Bertz CT molecular complexity index is 1230. The van der Waals surface area contributed by atoms with Gasteiger partial charge in [0, 0.05) is 22.4 Å². The van der Waals surface area contributed by atoms with Crippen molar-refractivity contribution in [1.82, 2.24) is 15.1 Å². The molecule has 0 bridgehead atoms. The highest BCUT2D eigenvalue weighted by atomic mass is 35.5. The minimum absolute atomic E-state index is 0.262. The lowest BCUT2D eigenvalue weighted by Gasteiger charge is -2.12. The summed E-state index contributed by atoms with van der Waals surface area (Å²) >= 11 is 9.25. The number of thiophene rings is 1. The van der Waals surface area contributed by atoms with Crippen LogP contribution in [0.15, 0.2) is 58.2 Å². The van der Waals surface area contributed by atoms with E-state index in [-0.39, 0.29) is 18.4 Å². The van der Waals surface area contributed by atoms with Gasteiger partial charge in [-0.3, -0.25) is 14.5 Å². The summed E-state index contributed by atoms with van der Waals surface area (Å²) in [6.07, 6.45) is 0. The van der Waals surface area contributed by atoms with Gasteiger partial charge in [0.1, 0.15) is 4.88 Å². The van der Waals surface area contributed by atoms with Gasteiger partial charge in [0.15, 0.2) is 0 Å². The largest absolute Gasteiger partial charge is 0.410 e. The fourth-order valence-corrected chi connectivity index (χ4v) is 5.30. The van der Waals surface area contributed by atoms with E-state index in [4.69, 9.17) is 16.0 Å². The van der Waals surface area contributed by atoms with Gasteiger partial charge in [-0.15, -0.1) is 21.5 Å². The molecule has 0 fully saturated rings. The topological polar surface area (TPSA) is 76.3 Å². The lowest BCUT2D eigenvalue weighted by atomic mass is 10.1. The molecule has 6 nitrogen and oxygen atoms in total. The number of hydrogen-bond donors (Lipinski definition) is 0. The van der Waals surface area contributed by atoms with Gasteiger partial charge in [-0.1, -0.05) is 53.7 Å². The molecule has 2 aromatic heterocycles. The van der Waals surface area contributed by atoms with Crippen LogP contribution in [-0.4, -0.2) is 39.2 Å². The Morgan fingerprint density at radius 3 is 2.41 bits per heavy atom. The molecule has 0 atom stereocenters. The maximum absolute atomic E-state index is 12.4. The first kappa shape index (κ1) is 18.4. The van der Waals surface area contributed by atoms with E-state index < -0.39 is 0 Å². The van der Waals surface area contributed by atoms with Crippen LogP contribution in [0, 0.1) is 0 Å².